The van der Waals surface area contributed by atoms with Crippen LogP contribution < -0.4 is 4.74 Å². The van der Waals surface area contributed by atoms with Crippen LogP contribution in [0, 0.1) is 0 Å². The summed E-state index contributed by atoms with van der Waals surface area (Å²) >= 11 is 0. The molecule has 0 unspecified atom stereocenters. The number of methoxy groups -OCH3 is 2. The molecule has 0 saturated heterocycles. The van der Waals surface area contributed by atoms with Gasteiger partial charge in [0.2, 0.25) is 5.91 Å². The van der Waals surface area contributed by atoms with Gasteiger partial charge in [-0.15, -0.1) is 0 Å². The van der Waals surface area contributed by atoms with Crippen LogP contribution in [0.1, 0.15) is 36.3 Å². The Morgan fingerprint density at radius 1 is 1.14 bits per heavy atom. The first-order valence-corrected chi connectivity index (χ1v) is 9.36. The van der Waals surface area contributed by atoms with Crippen LogP contribution in [-0.2, 0) is 27.3 Å². The summed E-state index contributed by atoms with van der Waals surface area (Å²) in [6, 6.07) is 11.7. The molecule has 0 N–H and O–H groups in total. The zero-order chi connectivity index (χ0) is 19.9. The van der Waals surface area contributed by atoms with Crippen molar-refractivity contribution in [2.45, 2.75) is 38.3 Å². The van der Waals surface area contributed by atoms with Crippen molar-refractivity contribution in [2.75, 3.05) is 14.2 Å². The van der Waals surface area contributed by atoms with E-state index >= 15 is 0 Å². The molecule has 3 rings (SSSR count). The zero-order valence-corrected chi connectivity index (χ0v) is 16.2. The van der Waals surface area contributed by atoms with E-state index in [2.05, 4.69) is 4.74 Å². The molecule has 0 atom stereocenters. The Kier molecular flexibility index (Phi) is 6.53. The number of rotatable bonds is 9. The van der Waals surface area contributed by atoms with Gasteiger partial charge in [0.1, 0.15) is 17.3 Å². The van der Waals surface area contributed by atoms with Crippen LogP contribution >= 0.6 is 0 Å². The molecule has 1 aromatic heterocycles. The molecule has 1 aliphatic carbocycles. The maximum atomic E-state index is 12.7. The quantitative estimate of drug-likeness (QED) is 0.489. The Labute approximate surface area is 164 Å². The lowest BCUT2D eigenvalue weighted by Crippen LogP contribution is -2.31. The van der Waals surface area contributed by atoms with Crippen LogP contribution in [0.15, 0.2) is 46.9 Å². The lowest BCUT2D eigenvalue weighted by atomic mass is 10.2. The third-order valence-corrected chi connectivity index (χ3v) is 4.66. The number of carbonyl (C=O) groups is 2. The van der Waals surface area contributed by atoms with Gasteiger partial charge in [-0.25, -0.2) is 0 Å². The first kappa shape index (κ1) is 19.7. The molecule has 28 heavy (non-hydrogen) atoms. The van der Waals surface area contributed by atoms with E-state index in [0.29, 0.717) is 30.5 Å². The number of hydrogen-bond donors (Lipinski definition) is 0. The number of carbonyl (C=O) groups excluding carboxylic acids is 2. The van der Waals surface area contributed by atoms with Gasteiger partial charge in [0.25, 0.3) is 0 Å². The van der Waals surface area contributed by atoms with Crippen molar-refractivity contribution in [3.63, 3.8) is 0 Å². The largest absolute Gasteiger partial charge is 0.497 e. The van der Waals surface area contributed by atoms with Gasteiger partial charge in [0, 0.05) is 25.1 Å². The van der Waals surface area contributed by atoms with Crippen LogP contribution in [0.5, 0.6) is 5.75 Å². The summed E-state index contributed by atoms with van der Waals surface area (Å²) in [7, 11) is 3.00. The number of ether oxygens (including phenoxy) is 2. The van der Waals surface area contributed by atoms with Crippen molar-refractivity contribution >= 4 is 18.0 Å². The van der Waals surface area contributed by atoms with Gasteiger partial charge in [-0.3, -0.25) is 9.59 Å². The number of hydrogen-bond acceptors (Lipinski definition) is 5. The molecular formula is C22H25NO5. The molecule has 1 fully saturated rings. The molecule has 2 aromatic rings. The highest BCUT2D eigenvalue weighted by Crippen LogP contribution is 2.29. The Hall–Kier alpha value is -3.02. The molecule has 0 radical (unpaired) electrons. The lowest BCUT2D eigenvalue weighted by Gasteiger charge is -2.21. The van der Waals surface area contributed by atoms with Crippen molar-refractivity contribution in [1.82, 2.24) is 4.90 Å². The first-order valence-electron chi connectivity index (χ1n) is 9.36. The molecule has 1 heterocycles. The molecule has 6 nitrogen and oxygen atoms in total. The van der Waals surface area contributed by atoms with Crippen LogP contribution in [0.25, 0.3) is 6.08 Å². The molecular weight excluding hydrogens is 358 g/mol. The summed E-state index contributed by atoms with van der Waals surface area (Å²) in [5.74, 6) is 1.77. The van der Waals surface area contributed by atoms with Crippen molar-refractivity contribution in [3.05, 3.63) is 59.6 Å². The maximum Gasteiger partial charge on any atom is 0.305 e. The lowest BCUT2D eigenvalue weighted by molar-refractivity contribution is -0.140. The second kappa shape index (κ2) is 9.26. The molecule has 6 heteroatoms. The summed E-state index contributed by atoms with van der Waals surface area (Å²) in [6.07, 6.45) is 6.03. The van der Waals surface area contributed by atoms with E-state index in [1.165, 1.54) is 7.11 Å². The van der Waals surface area contributed by atoms with Gasteiger partial charge in [-0.1, -0.05) is 12.1 Å². The second-order valence-electron chi connectivity index (χ2n) is 6.76. The second-order valence-corrected chi connectivity index (χ2v) is 6.76. The van der Waals surface area contributed by atoms with E-state index in [-0.39, 0.29) is 18.3 Å². The Bertz CT molecular complexity index is 833. The zero-order valence-electron chi connectivity index (χ0n) is 16.2. The van der Waals surface area contributed by atoms with Crippen molar-refractivity contribution in [2.24, 2.45) is 0 Å². The highest BCUT2D eigenvalue weighted by molar-refractivity contribution is 5.91. The van der Waals surface area contributed by atoms with E-state index in [9.17, 15) is 9.59 Å². The summed E-state index contributed by atoms with van der Waals surface area (Å²) in [6.45, 7) is 0.570. The molecule has 0 bridgehead atoms. The van der Waals surface area contributed by atoms with E-state index in [1.54, 1.807) is 25.3 Å². The Morgan fingerprint density at radius 3 is 2.54 bits per heavy atom. The fourth-order valence-electron chi connectivity index (χ4n) is 2.90. The van der Waals surface area contributed by atoms with Crippen LogP contribution in [0.2, 0.25) is 0 Å². The van der Waals surface area contributed by atoms with E-state index in [1.807, 2.05) is 35.2 Å². The normalized spacial score (nSPS) is 13.5. The van der Waals surface area contributed by atoms with Crippen molar-refractivity contribution in [1.29, 1.82) is 0 Å². The highest BCUT2D eigenvalue weighted by Gasteiger charge is 2.31. The summed E-state index contributed by atoms with van der Waals surface area (Å²) in [5, 5.41) is 0. The molecule has 1 aliphatic rings. The maximum absolute atomic E-state index is 12.7. The number of furan rings is 1. The average molecular weight is 383 g/mol. The predicted octanol–water partition coefficient (Wildman–Crippen LogP) is 3.60. The minimum Gasteiger partial charge on any atom is -0.497 e. The Morgan fingerprint density at radius 2 is 1.89 bits per heavy atom. The minimum atomic E-state index is -0.276. The standard InChI is InChI=1S/C22H25NO5/c1-26-18-7-3-16(4-8-18)15-23(17-5-6-17)21(24)13-11-19-9-10-20(28-19)12-14-22(25)27-2/h3-4,7-11,13,17H,5-6,12,14-15H2,1-2H3/b13-11+. The Balaban J connectivity index is 1.59. The van der Waals surface area contributed by atoms with Crippen molar-refractivity contribution in [3.8, 4) is 5.75 Å². The number of nitrogens with zero attached hydrogens (tertiary/aromatic N) is 1. The minimum absolute atomic E-state index is 0.0363. The predicted molar refractivity (Wildman–Crippen MR) is 105 cm³/mol. The average Bonchev–Trinajstić information content (AvgIpc) is 3.46. The smallest absolute Gasteiger partial charge is 0.305 e. The molecule has 0 aliphatic heterocycles. The van der Waals surface area contributed by atoms with Crippen LogP contribution in [0.3, 0.4) is 0 Å². The molecule has 148 valence electrons. The number of aryl methyl sites for hydroxylation is 1. The van der Waals surface area contributed by atoms with Crippen LogP contribution in [0.4, 0.5) is 0 Å². The highest BCUT2D eigenvalue weighted by atomic mass is 16.5. The molecule has 1 aromatic carbocycles. The topological polar surface area (TPSA) is 69.0 Å². The summed E-state index contributed by atoms with van der Waals surface area (Å²) < 4.78 is 15.5. The fourth-order valence-corrected chi connectivity index (χ4v) is 2.90. The first-order chi connectivity index (χ1) is 13.6. The van der Waals surface area contributed by atoms with Crippen LogP contribution in [-0.4, -0.2) is 37.0 Å². The van der Waals surface area contributed by atoms with Gasteiger partial charge in [0.05, 0.1) is 20.6 Å². The number of amides is 1. The van der Waals surface area contributed by atoms with Gasteiger partial charge in [-0.05, 0) is 48.7 Å². The fraction of sp³-hybridized carbons (Fsp3) is 0.364. The summed E-state index contributed by atoms with van der Waals surface area (Å²) in [4.78, 5) is 25.8. The number of benzene rings is 1. The van der Waals surface area contributed by atoms with E-state index in [0.717, 1.165) is 24.2 Å². The third kappa shape index (κ3) is 5.49. The molecule has 1 amide bonds. The summed E-state index contributed by atoms with van der Waals surface area (Å²) in [5.41, 5.74) is 1.07. The monoisotopic (exact) mass is 383 g/mol. The SMILES string of the molecule is COC(=O)CCc1ccc(/C=C/C(=O)N(Cc2ccc(OC)cc2)C2CC2)o1. The van der Waals surface area contributed by atoms with E-state index in [4.69, 9.17) is 9.15 Å². The third-order valence-electron chi connectivity index (χ3n) is 4.66. The van der Waals surface area contributed by atoms with E-state index < -0.39 is 0 Å². The van der Waals surface area contributed by atoms with Gasteiger partial charge in [-0.2, -0.15) is 0 Å². The van der Waals surface area contributed by atoms with Gasteiger partial charge >= 0.3 is 5.97 Å². The number of esters is 1. The van der Waals surface area contributed by atoms with Gasteiger partial charge in [0.15, 0.2) is 0 Å². The molecule has 1 saturated carbocycles. The molecule has 0 spiro atoms. The van der Waals surface area contributed by atoms with Gasteiger partial charge < -0.3 is 18.8 Å². The van der Waals surface area contributed by atoms with Crippen molar-refractivity contribution < 1.29 is 23.5 Å².